The van der Waals surface area contributed by atoms with Crippen LogP contribution in [-0.4, -0.2) is 43.3 Å². The van der Waals surface area contributed by atoms with Crippen molar-refractivity contribution in [2.75, 3.05) is 0 Å². The number of aryl methyl sites for hydroxylation is 1. The summed E-state index contributed by atoms with van der Waals surface area (Å²) in [6.45, 7) is 8.70. The van der Waals surface area contributed by atoms with Gasteiger partial charge in [0.2, 0.25) is 5.88 Å². The highest BCUT2D eigenvalue weighted by molar-refractivity contribution is 5.86. The molecule has 3 aromatic heterocycles. The van der Waals surface area contributed by atoms with E-state index in [4.69, 9.17) is 9.47 Å². The zero-order valence-corrected chi connectivity index (χ0v) is 19.4. The van der Waals surface area contributed by atoms with E-state index in [1.165, 1.54) is 6.20 Å². The van der Waals surface area contributed by atoms with Crippen molar-refractivity contribution in [2.24, 2.45) is 0 Å². The standard InChI is InChI=1S/C24H28N4O5/c1-6-24(21(29)30,28-22(31)33-23(3,4)5)12-17-7-8-18(13-26-17)32-20-19-14-25-10-9-16(19)11-15(2)27-20/h7-11,13-14H,6,12H2,1-5H3,(H,28,31)(H,29,30). The maximum atomic E-state index is 12.3. The quantitative estimate of drug-likeness (QED) is 0.540. The lowest BCUT2D eigenvalue weighted by Gasteiger charge is -2.30. The molecule has 0 aromatic carbocycles. The molecule has 33 heavy (non-hydrogen) atoms. The van der Waals surface area contributed by atoms with Crippen LogP contribution in [0.1, 0.15) is 45.5 Å². The van der Waals surface area contributed by atoms with E-state index >= 15 is 0 Å². The molecular weight excluding hydrogens is 424 g/mol. The van der Waals surface area contributed by atoms with Gasteiger partial charge in [-0.3, -0.25) is 9.97 Å². The summed E-state index contributed by atoms with van der Waals surface area (Å²) in [7, 11) is 0. The largest absolute Gasteiger partial charge is 0.479 e. The third-order valence-corrected chi connectivity index (χ3v) is 4.98. The number of alkyl carbamates (subject to hydrolysis) is 1. The first-order chi connectivity index (χ1) is 15.5. The fourth-order valence-corrected chi connectivity index (χ4v) is 3.30. The molecule has 2 N–H and O–H groups in total. The third-order valence-electron chi connectivity index (χ3n) is 4.98. The van der Waals surface area contributed by atoms with Gasteiger partial charge in [-0.05, 0) is 63.8 Å². The topological polar surface area (TPSA) is 124 Å². The average molecular weight is 453 g/mol. The van der Waals surface area contributed by atoms with Gasteiger partial charge in [0.25, 0.3) is 0 Å². The van der Waals surface area contributed by atoms with Crippen molar-refractivity contribution in [1.82, 2.24) is 20.3 Å². The number of hydrogen-bond donors (Lipinski definition) is 2. The molecule has 3 aromatic rings. The summed E-state index contributed by atoms with van der Waals surface area (Å²) >= 11 is 0. The van der Waals surface area contributed by atoms with E-state index in [0.29, 0.717) is 17.3 Å². The first kappa shape index (κ1) is 23.9. The van der Waals surface area contributed by atoms with Crippen LogP contribution in [0, 0.1) is 6.92 Å². The number of aromatic nitrogens is 3. The smallest absolute Gasteiger partial charge is 0.408 e. The lowest BCUT2D eigenvalue weighted by molar-refractivity contribution is -0.145. The van der Waals surface area contributed by atoms with E-state index in [1.807, 2.05) is 19.1 Å². The van der Waals surface area contributed by atoms with Gasteiger partial charge in [-0.2, -0.15) is 0 Å². The van der Waals surface area contributed by atoms with Crippen molar-refractivity contribution in [3.05, 3.63) is 54.2 Å². The minimum atomic E-state index is -1.56. The molecule has 3 heterocycles. The molecule has 0 aliphatic rings. The number of aliphatic carboxylic acids is 1. The summed E-state index contributed by atoms with van der Waals surface area (Å²) in [4.78, 5) is 37.3. The van der Waals surface area contributed by atoms with E-state index in [0.717, 1.165) is 16.5 Å². The molecule has 1 atom stereocenters. The molecule has 0 spiro atoms. The predicted molar refractivity (Wildman–Crippen MR) is 122 cm³/mol. The minimum absolute atomic E-state index is 0.0199. The predicted octanol–water partition coefficient (Wildman–Crippen LogP) is 4.43. The SMILES string of the molecule is CCC(Cc1ccc(Oc2nc(C)cc3ccncc23)cn1)(NC(=O)OC(C)(C)C)C(=O)O. The Kier molecular flexibility index (Phi) is 6.81. The van der Waals surface area contributed by atoms with Crippen LogP contribution in [0.3, 0.4) is 0 Å². The molecule has 0 fully saturated rings. The Labute approximate surface area is 192 Å². The van der Waals surface area contributed by atoms with Crippen molar-refractivity contribution in [3.8, 4) is 11.6 Å². The van der Waals surface area contributed by atoms with Gasteiger partial charge in [-0.25, -0.2) is 14.6 Å². The van der Waals surface area contributed by atoms with E-state index in [1.54, 1.807) is 52.2 Å². The number of fused-ring (bicyclic) bond motifs is 1. The molecule has 0 saturated carbocycles. The number of carbonyl (C=O) groups excluding carboxylic acids is 1. The Hall–Kier alpha value is -3.75. The number of nitrogens with one attached hydrogen (secondary N) is 1. The number of amides is 1. The maximum absolute atomic E-state index is 12.3. The first-order valence-corrected chi connectivity index (χ1v) is 10.6. The van der Waals surface area contributed by atoms with Crippen molar-refractivity contribution in [2.45, 2.75) is 58.6 Å². The Bertz CT molecular complexity index is 1160. The maximum Gasteiger partial charge on any atom is 0.408 e. The van der Waals surface area contributed by atoms with Gasteiger partial charge in [-0.1, -0.05) is 6.92 Å². The first-order valence-electron chi connectivity index (χ1n) is 10.6. The van der Waals surface area contributed by atoms with E-state index < -0.39 is 23.2 Å². The normalized spacial score (nSPS) is 13.2. The van der Waals surface area contributed by atoms with Gasteiger partial charge < -0.3 is 19.9 Å². The van der Waals surface area contributed by atoms with Gasteiger partial charge in [0.1, 0.15) is 16.9 Å². The molecule has 0 aliphatic heterocycles. The fourth-order valence-electron chi connectivity index (χ4n) is 3.30. The van der Waals surface area contributed by atoms with E-state index in [-0.39, 0.29) is 12.8 Å². The Balaban J connectivity index is 1.80. The monoisotopic (exact) mass is 452 g/mol. The molecule has 174 valence electrons. The molecule has 0 aliphatic carbocycles. The van der Waals surface area contributed by atoms with Gasteiger partial charge in [0.15, 0.2) is 0 Å². The number of carboxylic acid groups (broad SMARTS) is 1. The number of nitrogens with zero attached hydrogens (tertiary/aromatic N) is 3. The number of carboxylic acids is 1. The van der Waals surface area contributed by atoms with Crippen molar-refractivity contribution in [1.29, 1.82) is 0 Å². The molecular formula is C24H28N4O5. The number of hydrogen-bond acceptors (Lipinski definition) is 7. The zero-order chi connectivity index (χ0) is 24.2. The Morgan fingerprint density at radius 3 is 2.52 bits per heavy atom. The Morgan fingerprint density at radius 1 is 1.15 bits per heavy atom. The molecule has 0 bridgehead atoms. The number of pyridine rings is 3. The number of rotatable bonds is 7. The minimum Gasteiger partial charge on any atom is -0.479 e. The molecule has 1 unspecified atom stereocenters. The van der Waals surface area contributed by atoms with Gasteiger partial charge in [0.05, 0.1) is 11.6 Å². The fraction of sp³-hybridized carbons (Fsp3) is 0.375. The average Bonchev–Trinajstić information content (AvgIpc) is 2.73. The molecule has 9 nitrogen and oxygen atoms in total. The van der Waals surface area contributed by atoms with Gasteiger partial charge >= 0.3 is 12.1 Å². The second-order valence-corrected chi connectivity index (χ2v) is 8.80. The molecule has 0 saturated heterocycles. The van der Waals surface area contributed by atoms with Crippen LogP contribution in [0.15, 0.2) is 42.9 Å². The second-order valence-electron chi connectivity index (χ2n) is 8.80. The molecule has 1 amide bonds. The van der Waals surface area contributed by atoms with Gasteiger partial charge in [-0.15, -0.1) is 0 Å². The Morgan fingerprint density at radius 2 is 1.91 bits per heavy atom. The molecule has 9 heteroatoms. The highest BCUT2D eigenvalue weighted by Gasteiger charge is 2.40. The van der Waals surface area contributed by atoms with Crippen molar-refractivity contribution in [3.63, 3.8) is 0 Å². The molecule has 3 rings (SSSR count). The van der Waals surface area contributed by atoms with Crippen molar-refractivity contribution >= 4 is 22.8 Å². The second kappa shape index (κ2) is 9.40. The summed E-state index contributed by atoms with van der Waals surface area (Å²) in [5, 5.41) is 14.1. The summed E-state index contributed by atoms with van der Waals surface area (Å²) in [6.07, 6.45) is 4.22. The van der Waals surface area contributed by atoms with Crippen LogP contribution in [0.5, 0.6) is 11.6 Å². The van der Waals surface area contributed by atoms with E-state index in [9.17, 15) is 14.7 Å². The summed E-state index contributed by atoms with van der Waals surface area (Å²) < 4.78 is 11.2. The lowest BCUT2D eigenvalue weighted by atomic mass is 9.90. The van der Waals surface area contributed by atoms with Crippen molar-refractivity contribution < 1.29 is 24.2 Å². The number of carbonyl (C=O) groups is 2. The van der Waals surface area contributed by atoms with Gasteiger partial charge in [0, 0.05) is 30.2 Å². The highest BCUT2D eigenvalue weighted by atomic mass is 16.6. The van der Waals surface area contributed by atoms with Crippen LogP contribution in [0.4, 0.5) is 4.79 Å². The zero-order valence-electron chi connectivity index (χ0n) is 19.4. The highest BCUT2D eigenvalue weighted by Crippen LogP contribution is 2.28. The van der Waals surface area contributed by atoms with Crippen LogP contribution in [0.2, 0.25) is 0 Å². The molecule has 0 radical (unpaired) electrons. The summed E-state index contributed by atoms with van der Waals surface area (Å²) in [6, 6.07) is 7.17. The third kappa shape index (κ3) is 5.94. The van der Waals surface area contributed by atoms with Crippen LogP contribution in [0.25, 0.3) is 10.8 Å². The lowest BCUT2D eigenvalue weighted by Crippen LogP contribution is -2.56. The number of ether oxygens (including phenoxy) is 2. The van der Waals surface area contributed by atoms with Crippen LogP contribution < -0.4 is 10.1 Å². The summed E-state index contributed by atoms with van der Waals surface area (Å²) in [5.74, 6) is -0.312. The van der Waals surface area contributed by atoms with Crippen LogP contribution >= 0.6 is 0 Å². The van der Waals surface area contributed by atoms with E-state index in [2.05, 4.69) is 20.3 Å². The summed E-state index contributed by atoms with van der Waals surface area (Å²) in [5.41, 5.74) is -1.03. The van der Waals surface area contributed by atoms with Crippen LogP contribution in [-0.2, 0) is 16.0 Å².